The van der Waals surface area contributed by atoms with Gasteiger partial charge in [0.05, 0.1) is 0 Å². The van der Waals surface area contributed by atoms with E-state index in [1.165, 1.54) is 5.56 Å². The Morgan fingerprint density at radius 3 is 2.35 bits per heavy atom. The number of nitrogens with zero attached hydrogens (tertiary/aromatic N) is 1. The molecule has 0 bridgehead atoms. The minimum Gasteiger partial charge on any atom is -0.445 e. The molecule has 2 heteroatoms. The second kappa shape index (κ2) is 3.63. The summed E-state index contributed by atoms with van der Waals surface area (Å²) in [6, 6.07) is 6.39. The summed E-state index contributed by atoms with van der Waals surface area (Å²) in [4.78, 5) is 0. The Morgan fingerprint density at radius 1 is 1.18 bits per heavy atom. The molecule has 0 aliphatic carbocycles. The van der Waals surface area contributed by atoms with Gasteiger partial charge in [-0.15, -0.1) is 0 Å². The standard InChI is InChI=1S/C15H17NO/c1-9-6-11(15(3,4)5)7-12-10(2)13(8-16)17-14(9)12/h6-7H,1-5H3. The summed E-state index contributed by atoms with van der Waals surface area (Å²) in [7, 11) is 0. The molecule has 1 aromatic carbocycles. The highest BCUT2D eigenvalue weighted by Gasteiger charge is 2.18. The van der Waals surface area contributed by atoms with Crippen molar-refractivity contribution in [3.63, 3.8) is 0 Å². The van der Waals surface area contributed by atoms with Gasteiger partial charge in [0, 0.05) is 10.9 Å². The van der Waals surface area contributed by atoms with Crippen molar-refractivity contribution in [2.45, 2.75) is 40.0 Å². The lowest BCUT2D eigenvalue weighted by molar-refractivity contribution is 0.584. The zero-order chi connectivity index (χ0) is 12.8. The number of rotatable bonds is 0. The normalized spacial score (nSPS) is 11.8. The SMILES string of the molecule is Cc1c(C#N)oc2c(C)cc(C(C)(C)C)cc12. The van der Waals surface area contributed by atoms with Crippen LogP contribution in [-0.2, 0) is 5.41 Å². The van der Waals surface area contributed by atoms with Gasteiger partial charge >= 0.3 is 0 Å². The van der Waals surface area contributed by atoms with Crippen LogP contribution in [0, 0.1) is 25.2 Å². The fraction of sp³-hybridized carbons (Fsp3) is 0.400. The Balaban J connectivity index is 2.82. The van der Waals surface area contributed by atoms with E-state index in [1.54, 1.807) is 0 Å². The van der Waals surface area contributed by atoms with E-state index in [-0.39, 0.29) is 5.41 Å². The average Bonchev–Trinajstić information content (AvgIpc) is 2.55. The maximum atomic E-state index is 9.00. The summed E-state index contributed by atoms with van der Waals surface area (Å²) in [6.07, 6.45) is 0. The summed E-state index contributed by atoms with van der Waals surface area (Å²) in [5.74, 6) is 0.425. The van der Waals surface area contributed by atoms with Crippen molar-refractivity contribution in [2.24, 2.45) is 0 Å². The summed E-state index contributed by atoms with van der Waals surface area (Å²) < 4.78 is 5.59. The van der Waals surface area contributed by atoms with E-state index in [0.717, 1.165) is 22.1 Å². The number of fused-ring (bicyclic) bond motifs is 1. The van der Waals surface area contributed by atoms with Crippen LogP contribution in [-0.4, -0.2) is 0 Å². The molecule has 2 aromatic rings. The van der Waals surface area contributed by atoms with E-state index in [9.17, 15) is 0 Å². The van der Waals surface area contributed by atoms with E-state index in [4.69, 9.17) is 9.68 Å². The van der Waals surface area contributed by atoms with Crippen molar-refractivity contribution in [1.29, 1.82) is 5.26 Å². The van der Waals surface area contributed by atoms with Crippen molar-refractivity contribution < 1.29 is 4.42 Å². The molecule has 0 radical (unpaired) electrons. The van der Waals surface area contributed by atoms with Crippen molar-refractivity contribution >= 4 is 11.0 Å². The second-order valence-electron chi connectivity index (χ2n) is 5.59. The maximum Gasteiger partial charge on any atom is 0.207 e. The Morgan fingerprint density at radius 2 is 1.82 bits per heavy atom. The Hall–Kier alpha value is -1.75. The van der Waals surface area contributed by atoms with E-state index >= 15 is 0 Å². The minimum absolute atomic E-state index is 0.107. The van der Waals surface area contributed by atoms with E-state index in [1.807, 2.05) is 13.8 Å². The van der Waals surface area contributed by atoms with Gasteiger partial charge in [-0.25, -0.2) is 0 Å². The largest absolute Gasteiger partial charge is 0.445 e. The summed E-state index contributed by atoms with van der Waals surface area (Å²) >= 11 is 0. The van der Waals surface area contributed by atoms with Gasteiger partial charge in [0.25, 0.3) is 0 Å². The molecule has 2 rings (SSSR count). The molecule has 1 aromatic heterocycles. The van der Waals surface area contributed by atoms with Crippen molar-refractivity contribution in [2.75, 3.05) is 0 Å². The first-order valence-corrected chi connectivity index (χ1v) is 5.79. The molecular weight excluding hydrogens is 210 g/mol. The highest BCUT2D eigenvalue weighted by Crippen LogP contribution is 2.32. The number of aryl methyl sites for hydroxylation is 2. The van der Waals surface area contributed by atoms with Gasteiger partial charge in [0.15, 0.2) is 0 Å². The predicted octanol–water partition coefficient (Wildman–Crippen LogP) is 4.22. The van der Waals surface area contributed by atoms with Gasteiger partial charge in [-0.05, 0) is 36.5 Å². The fourth-order valence-electron chi connectivity index (χ4n) is 2.03. The molecule has 0 unspecified atom stereocenters. The van der Waals surface area contributed by atoms with Crippen molar-refractivity contribution in [3.8, 4) is 6.07 Å². The topological polar surface area (TPSA) is 36.9 Å². The molecule has 0 fully saturated rings. The number of hydrogen-bond acceptors (Lipinski definition) is 2. The first kappa shape index (κ1) is 11.7. The van der Waals surface area contributed by atoms with Crippen molar-refractivity contribution in [3.05, 3.63) is 34.6 Å². The lowest BCUT2D eigenvalue weighted by Gasteiger charge is -2.19. The third kappa shape index (κ3) is 1.82. The van der Waals surface area contributed by atoms with Gasteiger partial charge in [-0.1, -0.05) is 26.8 Å². The van der Waals surface area contributed by atoms with Crippen LogP contribution < -0.4 is 0 Å². The molecule has 0 saturated carbocycles. The lowest BCUT2D eigenvalue weighted by atomic mass is 9.85. The van der Waals surface area contributed by atoms with Crippen LogP contribution in [0.1, 0.15) is 43.2 Å². The molecule has 17 heavy (non-hydrogen) atoms. The molecule has 0 atom stereocenters. The summed E-state index contributed by atoms with van der Waals surface area (Å²) in [6.45, 7) is 10.5. The Kier molecular flexibility index (Phi) is 2.50. The number of nitriles is 1. The fourth-order valence-corrected chi connectivity index (χ4v) is 2.03. The lowest BCUT2D eigenvalue weighted by Crippen LogP contribution is -2.11. The predicted molar refractivity (Wildman–Crippen MR) is 69.1 cm³/mol. The van der Waals surface area contributed by atoms with E-state index in [0.29, 0.717) is 5.76 Å². The summed E-state index contributed by atoms with van der Waals surface area (Å²) in [5.41, 5.74) is 4.26. The van der Waals surface area contributed by atoms with Crippen LogP contribution in [0.15, 0.2) is 16.5 Å². The number of hydrogen-bond donors (Lipinski definition) is 0. The van der Waals surface area contributed by atoms with Gasteiger partial charge in [0.2, 0.25) is 5.76 Å². The van der Waals surface area contributed by atoms with Crippen LogP contribution in [0.5, 0.6) is 0 Å². The van der Waals surface area contributed by atoms with Gasteiger partial charge < -0.3 is 4.42 Å². The third-order valence-electron chi connectivity index (χ3n) is 3.19. The van der Waals surface area contributed by atoms with Gasteiger partial charge in [-0.2, -0.15) is 5.26 Å². The Bertz CT molecular complexity index is 621. The quantitative estimate of drug-likeness (QED) is 0.675. The molecule has 0 spiro atoms. The second-order valence-corrected chi connectivity index (χ2v) is 5.59. The van der Waals surface area contributed by atoms with Crippen LogP contribution in [0.25, 0.3) is 11.0 Å². The van der Waals surface area contributed by atoms with Crippen LogP contribution in [0.4, 0.5) is 0 Å². The van der Waals surface area contributed by atoms with E-state index < -0.39 is 0 Å². The van der Waals surface area contributed by atoms with Crippen LogP contribution in [0.3, 0.4) is 0 Å². The molecule has 0 amide bonds. The van der Waals surface area contributed by atoms with Gasteiger partial charge in [0.1, 0.15) is 11.7 Å². The molecule has 88 valence electrons. The molecular formula is C15H17NO. The number of benzene rings is 1. The summed E-state index contributed by atoms with van der Waals surface area (Å²) in [5, 5.41) is 10.1. The molecule has 0 N–H and O–H groups in total. The van der Waals surface area contributed by atoms with Gasteiger partial charge in [-0.3, -0.25) is 0 Å². The molecule has 1 heterocycles. The molecule has 2 nitrogen and oxygen atoms in total. The molecule has 0 aliphatic heterocycles. The Labute approximate surface area is 102 Å². The minimum atomic E-state index is 0.107. The zero-order valence-corrected chi connectivity index (χ0v) is 11.0. The smallest absolute Gasteiger partial charge is 0.207 e. The first-order valence-electron chi connectivity index (χ1n) is 5.79. The first-order chi connectivity index (χ1) is 7.84. The van der Waals surface area contributed by atoms with E-state index in [2.05, 4.69) is 39.0 Å². The maximum absolute atomic E-state index is 9.00. The molecule has 0 aliphatic rings. The third-order valence-corrected chi connectivity index (χ3v) is 3.19. The van der Waals surface area contributed by atoms with Crippen molar-refractivity contribution in [1.82, 2.24) is 0 Å². The van der Waals surface area contributed by atoms with Crippen LogP contribution >= 0.6 is 0 Å². The highest BCUT2D eigenvalue weighted by atomic mass is 16.3. The highest BCUT2D eigenvalue weighted by molar-refractivity contribution is 5.86. The van der Waals surface area contributed by atoms with Crippen LogP contribution in [0.2, 0.25) is 0 Å². The number of furan rings is 1. The average molecular weight is 227 g/mol. The monoisotopic (exact) mass is 227 g/mol. The molecule has 0 saturated heterocycles. The zero-order valence-electron chi connectivity index (χ0n) is 11.0.